The van der Waals surface area contributed by atoms with Crippen LogP contribution in [0.4, 0.5) is 0 Å². The van der Waals surface area contributed by atoms with Gasteiger partial charge in [0.2, 0.25) is 5.91 Å². The van der Waals surface area contributed by atoms with Crippen molar-refractivity contribution >= 4 is 17.2 Å². The van der Waals surface area contributed by atoms with E-state index < -0.39 is 0 Å². The highest BCUT2D eigenvalue weighted by Gasteiger charge is 2.33. The number of hydrogen-bond acceptors (Lipinski definition) is 5. The number of carbonyl (C=O) groups is 1. The van der Waals surface area contributed by atoms with Crippen LogP contribution in [0, 0.1) is 0 Å². The zero-order valence-electron chi connectivity index (χ0n) is 16.0. The van der Waals surface area contributed by atoms with Gasteiger partial charge in [0.05, 0.1) is 26.6 Å². The Morgan fingerprint density at radius 1 is 1.29 bits per heavy atom. The molecule has 1 atom stereocenters. The number of rotatable bonds is 6. The summed E-state index contributed by atoms with van der Waals surface area (Å²) in [5.74, 6) is 1.56. The van der Waals surface area contributed by atoms with Gasteiger partial charge in [-0.15, -0.1) is 11.3 Å². The highest BCUT2D eigenvalue weighted by Crippen LogP contribution is 2.42. The van der Waals surface area contributed by atoms with E-state index in [2.05, 4.69) is 16.4 Å². The normalized spacial score (nSPS) is 15.9. The fourth-order valence-electron chi connectivity index (χ4n) is 3.76. The molecule has 0 saturated heterocycles. The number of imidazole rings is 1. The van der Waals surface area contributed by atoms with E-state index in [9.17, 15) is 4.79 Å². The van der Waals surface area contributed by atoms with Crippen molar-refractivity contribution in [2.45, 2.75) is 25.4 Å². The van der Waals surface area contributed by atoms with Crippen molar-refractivity contribution < 1.29 is 14.3 Å². The van der Waals surface area contributed by atoms with Crippen molar-refractivity contribution in [1.82, 2.24) is 14.5 Å². The molecule has 3 heterocycles. The van der Waals surface area contributed by atoms with E-state index in [1.54, 1.807) is 38.1 Å². The van der Waals surface area contributed by atoms with Crippen molar-refractivity contribution in [3.63, 3.8) is 0 Å². The maximum atomic E-state index is 13.1. The van der Waals surface area contributed by atoms with Crippen molar-refractivity contribution in [2.24, 2.45) is 0 Å². The fourth-order valence-corrected chi connectivity index (χ4v) is 4.61. The Balaban J connectivity index is 1.67. The summed E-state index contributed by atoms with van der Waals surface area (Å²) in [5.41, 5.74) is 2.32. The second kappa shape index (κ2) is 8.06. The predicted octanol–water partition coefficient (Wildman–Crippen LogP) is 3.53. The second-order valence-electron chi connectivity index (χ2n) is 6.71. The summed E-state index contributed by atoms with van der Waals surface area (Å²) in [7, 11) is 3.29. The van der Waals surface area contributed by atoms with Crippen LogP contribution < -0.4 is 9.47 Å². The highest BCUT2D eigenvalue weighted by molar-refractivity contribution is 7.10. The standard InChI is InChI=1S/C21H23N3O3S/c1-26-17-12-15-5-9-24(20(25)6-8-23-10-7-22-14-23)21(19-4-3-11-28-19)16(15)13-18(17)27-2/h3-4,7,10-14,21H,5-6,8-9H2,1-2H3/t21-/m1/s1. The van der Waals surface area contributed by atoms with Crippen molar-refractivity contribution in [3.8, 4) is 11.5 Å². The zero-order chi connectivity index (χ0) is 19.5. The lowest BCUT2D eigenvalue weighted by Gasteiger charge is -2.37. The topological polar surface area (TPSA) is 56.6 Å². The maximum absolute atomic E-state index is 13.1. The third-order valence-electron chi connectivity index (χ3n) is 5.15. The van der Waals surface area contributed by atoms with Gasteiger partial charge in [0.15, 0.2) is 11.5 Å². The lowest BCUT2D eigenvalue weighted by atomic mass is 9.90. The number of amides is 1. The third kappa shape index (κ3) is 3.49. The van der Waals surface area contributed by atoms with E-state index in [4.69, 9.17) is 9.47 Å². The lowest BCUT2D eigenvalue weighted by Crippen LogP contribution is -2.40. The van der Waals surface area contributed by atoms with Gasteiger partial charge in [0.1, 0.15) is 0 Å². The summed E-state index contributed by atoms with van der Waals surface area (Å²) < 4.78 is 12.9. The molecule has 2 aromatic heterocycles. The first-order valence-corrected chi connectivity index (χ1v) is 10.1. The molecule has 4 rings (SSSR count). The van der Waals surface area contributed by atoms with Gasteiger partial charge in [0.25, 0.3) is 0 Å². The Morgan fingerprint density at radius 3 is 2.79 bits per heavy atom. The molecule has 7 heteroatoms. The minimum Gasteiger partial charge on any atom is -0.493 e. The van der Waals surface area contributed by atoms with E-state index in [1.165, 1.54) is 5.56 Å². The molecule has 146 valence electrons. The van der Waals surface area contributed by atoms with Crippen molar-refractivity contribution in [2.75, 3.05) is 20.8 Å². The minimum atomic E-state index is -0.0983. The molecule has 1 aliphatic heterocycles. The first kappa shape index (κ1) is 18.6. The summed E-state index contributed by atoms with van der Waals surface area (Å²) in [5, 5.41) is 2.05. The monoisotopic (exact) mass is 397 g/mol. The molecule has 0 unspecified atom stereocenters. The third-order valence-corrected chi connectivity index (χ3v) is 6.07. The van der Waals surface area contributed by atoms with Crippen LogP contribution in [-0.4, -0.2) is 41.1 Å². The number of aryl methyl sites for hydroxylation is 1. The number of methoxy groups -OCH3 is 2. The molecular formula is C21H23N3O3S. The molecule has 1 aliphatic rings. The average Bonchev–Trinajstić information content (AvgIpc) is 3.44. The molecule has 6 nitrogen and oxygen atoms in total. The quantitative estimate of drug-likeness (QED) is 0.639. The SMILES string of the molecule is COc1cc2c(cc1OC)[C@H](c1cccs1)N(C(=O)CCn1ccnc1)CC2. The molecule has 0 N–H and O–H groups in total. The van der Waals surface area contributed by atoms with Crippen LogP contribution in [0.1, 0.15) is 28.5 Å². The Bertz CT molecular complexity index is 938. The van der Waals surface area contributed by atoms with Gasteiger partial charge in [-0.2, -0.15) is 0 Å². The Labute approximate surface area is 168 Å². The number of thiophene rings is 1. The smallest absolute Gasteiger partial charge is 0.225 e. The first-order valence-electron chi connectivity index (χ1n) is 9.24. The minimum absolute atomic E-state index is 0.0983. The molecule has 1 amide bonds. The molecule has 28 heavy (non-hydrogen) atoms. The number of ether oxygens (including phenoxy) is 2. The molecule has 0 saturated carbocycles. The average molecular weight is 398 g/mol. The van der Waals surface area contributed by atoms with Gasteiger partial charge in [0, 0.05) is 36.8 Å². The number of nitrogens with zero attached hydrogens (tertiary/aromatic N) is 3. The second-order valence-corrected chi connectivity index (χ2v) is 7.69. The van der Waals surface area contributed by atoms with Gasteiger partial charge in [-0.1, -0.05) is 6.07 Å². The molecule has 1 aromatic carbocycles. The Kier molecular flexibility index (Phi) is 5.34. The highest BCUT2D eigenvalue weighted by atomic mass is 32.1. The van der Waals surface area contributed by atoms with Gasteiger partial charge in [-0.25, -0.2) is 4.98 Å². The molecule has 0 fully saturated rings. The van der Waals surface area contributed by atoms with Crippen LogP contribution in [-0.2, 0) is 17.8 Å². The summed E-state index contributed by atoms with van der Waals surface area (Å²) >= 11 is 1.67. The van der Waals surface area contributed by atoms with E-state index in [0.29, 0.717) is 25.3 Å². The lowest BCUT2D eigenvalue weighted by molar-refractivity contribution is -0.133. The van der Waals surface area contributed by atoms with Crippen molar-refractivity contribution in [3.05, 3.63) is 64.4 Å². The van der Waals surface area contributed by atoms with Gasteiger partial charge in [-0.05, 0) is 41.1 Å². The number of benzene rings is 1. The molecule has 0 bridgehead atoms. The molecule has 3 aromatic rings. The van der Waals surface area contributed by atoms with Gasteiger partial charge < -0.3 is 18.9 Å². The maximum Gasteiger partial charge on any atom is 0.225 e. The Morgan fingerprint density at radius 2 is 2.11 bits per heavy atom. The summed E-state index contributed by atoms with van der Waals surface area (Å²) in [6, 6.07) is 8.09. The number of fused-ring (bicyclic) bond motifs is 1. The largest absolute Gasteiger partial charge is 0.493 e. The summed E-state index contributed by atoms with van der Waals surface area (Å²) in [6.45, 7) is 1.32. The summed E-state index contributed by atoms with van der Waals surface area (Å²) in [4.78, 5) is 20.3. The molecule has 0 radical (unpaired) electrons. The molecule has 0 spiro atoms. The predicted molar refractivity (Wildman–Crippen MR) is 108 cm³/mol. The summed E-state index contributed by atoms with van der Waals surface area (Å²) in [6.07, 6.45) is 6.60. The van der Waals surface area contributed by atoms with Crippen LogP contribution in [0.5, 0.6) is 11.5 Å². The van der Waals surface area contributed by atoms with E-state index in [1.807, 2.05) is 33.9 Å². The van der Waals surface area contributed by atoms with Crippen molar-refractivity contribution in [1.29, 1.82) is 0 Å². The van der Waals surface area contributed by atoms with Gasteiger partial charge in [-0.3, -0.25) is 4.79 Å². The molecular weight excluding hydrogens is 374 g/mol. The van der Waals surface area contributed by atoms with Crippen LogP contribution >= 0.6 is 11.3 Å². The van der Waals surface area contributed by atoms with Gasteiger partial charge >= 0.3 is 0 Å². The number of aromatic nitrogens is 2. The van der Waals surface area contributed by atoms with Crippen LogP contribution in [0.2, 0.25) is 0 Å². The first-order chi connectivity index (χ1) is 13.7. The fraction of sp³-hybridized carbons (Fsp3) is 0.333. The van der Waals surface area contributed by atoms with Crippen LogP contribution in [0.15, 0.2) is 48.4 Å². The van der Waals surface area contributed by atoms with E-state index in [-0.39, 0.29) is 11.9 Å². The number of hydrogen-bond donors (Lipinski definition) is 0. The van der Waals surface area contributed by atoms with Crippen LogP contribution in [0.25, 0.3) is 0 Å². The number of carbonyl (C=O) groups excluding carboxylic acids is 1. The van der Waals surface area contributed by atoms with E-state index in [0.717, 1.165) is 22.6 Å². The van der Waals surface area contributed by atoms with E-state index >= 15 is 0 Å². The zero-order valence-corrected chi connectivity index (χ0v) is 16.8. The van der Waals surface area contributed by atoms with Crippen LogP contribution in [0.3, 0.4) is 0 Å². The Hall–Kier alpha value is -2.80. The molecule has 0 aliphatic carbocycles.